The van der Waals surface area contributed by atoms with Crippen molar-refractivity contribution in [3.8, 4) is 0 Å². The lowest BCUT2D eigenvalue weighted by molar-refractivity contribution is -0.126. The van der Waals surface area contributed by atoms with Crippen molar-refractivity contribution in [1.29, 1.82) is 0 Å². The first kappa shape index (κ1) is 20.9. The van der Waals surface area contributed by atoms with Crippen LogP contribution in [0.3, 0.4) is 0 Å². The summed E-state index contributed by atoms with van der Waals surface area (Å²) in [5, 5.41) is 3.01. The summed E-state index contributed by atoms with van der Waals surface area (Å²) in [6, 6.07) is 6.81. The van der Waals surface area contributed by atoms with Gasteiger partial charge in [-0.05, 0) is 38.3 Å². The van der Waals surface area contributed by atoms with E-state index in [0.29, 0.717) is 25.9 Å². The minimum Gasteiger partial charge on any atom is -0.352 e. The van der Waals surface area contributed by atoms with E-state index >= 15 is 0 Å². The first-order chi connectivity index (χ1) is 12.4. The van der Waals surface area contributed by atoms with Crippen LogP contribution in [-0.2, 0) is 14.8 Å². The molecule has 1 saturated heterocycles. The number of sulfonamides is 1. The van der Waals surface area contributed by atoms with Gasteiger partial charge in [-0.1, -0.05) is 37.5 Å². The summed E-state index contributed by atoms with van der Waals surface area (Å²) in [6.45, 7) is 5.11. The van der Waals surface area contributed by atoms with E-state index in [-0.39, 0.29) is 29.3 Å². The topological polar surface area (TPSA) is 92.5 Å². The smallest absolute Gasteiger partial charge is 0.243 e. The number of aryl methyl sites for hydroxylation is 1. The maximum atomic E-state index is 12.9. The molecule has 0 bridgehead atoms. The Morgan fingerprint density at radius 3 is 2.65 bits per heavy atom. The second kappa shape index (κ2) is 9.48. The van der Waals surface area contributed by atoms with Crippen LogP contribution in [0.2, 0.25) is 0 Å². The van der Waals surface area contributed by atoms with E-state index in [4.69, 9.17) is 5.73 Å². The van der Waals surface area contributed by atoms with Gasteiger partial charge in [-0.25, -0.2) is 8.42 Å². The summed E-state index contributed by atoms with van der Waals surface area (Å²) >= 11 is 0. The molecule has 1 aliphatic heterocycles. The van der Waals surface area contributed by atoms with Gasteiger partial charge in [0.15, 0.2) is 0 Å². The van der Waals surface area contributed by atoms with Gasteiger partial charge in [-0.3, -0.25) is 4.79 Å². The van der Waals surface area contributed by atoms with Crippen LogP contribution in [0.5, 0.6) is 0 Å². The lowest BCUT2D eigenvalue weighted by atomic mass is 9.98. The van der Waals surface area contributed by atoms with Crippen LogP contribution in [0.25, 0.3) is 0 Å². The number of hydrogen-bond acceptors (Lipinski definition) is 4. The van der Waals surface area contributed by atoms with Gasteiger partial charge < -0.3 is 11.1 Å². The lowest BCUT2D eigenvalue weighted by Gasteiger charge is -2.32. The van der Waals surface area contributed by atoms with Gasteiger partial charge in [-0.2, -0.15) is 4.31 Å². The number of amides is 1. The molecular formula is C19H31N3O3S. The maximum Gasteiger partial charge on any atom is 0.243 e. The number of benzene rings is 1. The van der Waals surface area contributed by atoms with E-state index < -0.39 is 10.0 Å². The Morgan fingerprint density at radius 1 is 1.35 bits per heavy atom. The van der Waals surface area contributed by atoms with Crippen molar-refractivity contribution in [2.75, 3.05) is 19.6 Å². The molecule has 1 heterocycles. The molecule has 0 saturated carbocycles. The van der Waals surface area contributed by atoms with E-state index in [2.05, 4.69) is 12.2 Å². The number of nitrogens with one attached hydrogen (secondary N) is 1. The second-order valence-electron chi connectivity index (χ2n) is 7.10. The molecule has 1 aromatic rings. The summed E-state index contributed by atoms with van der Waals surface area (Å²) in [4.78, 5) is 12.9. The zero-order chi connectivity index (χ0) is 19.2. The van der Waals surface area contributed by atoms with Crippen LogP contribution < -0.4 is 11.1 Å². The third-order valence-electron chi connectivity index (χ3n) is 4.95. The molecule has 1 aliphatic rings. The van der Waals surface area contributed by atoms with Crippen molar-refractivity contribution >= 4 is 15.9 Å². The van der Waals surface area contributed by atoms with Crippen LogP contribution >= 0.6 is 0 Å². The molecule has 1 amide bonds. The Labute approximate surface area is 157 Å². The Kier molecular flexibility index (Phi) is 7.61. The molecule has 146 valence electrons. The van der Waals surface area contributed by atoms with Crippen molar-refractivity contribution in [1.82, 2.24) is 9.62 Å². The fourth-order valence-electron chi connectivity index (χ4n) is 3.25. The average molecular weight is 382 g/mol. The van der Waals surface area contributed by atoms with Gasteiger partial charge in [0.2, 0.25) is 15.9 Å². The molecular weight excluding hydrogens is 350 g/mol. The van der Waals surface area contributed by atoms with E-state index in [9.17, 15) is 13.2 Å². The number of hydrogen-bond donors (Lipinski definition) is 2. The van der Waals surface area contributed by atoms with Gasteiger partial charge in [0, 0.05) is 25.7 Å². The van der Waals surface area contributed by atoms with Gasteiger partial charge in [0.1, 0.15) is 0 Å². The molecule has 1 fully saturated rings. The van der Waals surface area contributed by atoms with Crippen molar-refractivity contribution in [3.63, 3.8) is 0 Å². The van der Waals surface area contributed by atoms with E-state index in [1.807, 2.05) is 6.92 Å². The number of carbonyl (C=O) groups is 1. The number of unbranched alkanes of at least 4 members (excludes halogenated alkanes) is 1. The standard InChI is InChI=1S/C19H31N3O3S/c1-3-4-7-17(13-20)21-19(23)16-6-5-12-22(14-16)26(24,25)18-10-8-15(2)9-11-18/h8-11,16-17H,3-7,12-14,20H2,1-2H3,(H,21,23). The molecule has 7 heteroatoms. The predicted molar refractivity (Wildman–Crippen MR) is 103 cm³/mol. The highest BCUT2D eigenvalue weighted by Crippen LogP contribution is 2.24. The monoisotopic (exact) mass is 381 g/mol. The predicted octanol–water partition coefficient (Wildman–Crippen LogP) is 2.03. The quantitative estimate of drug-likeness (QED) is 0.721. The maximum absolute atomic E-state index is 12.9. The zero-order valence-corrected chi connectivity index (χ0v) is 16.6. The highest BCUT2D eigenvalue weighted by Gasteiger charge is 2.33. The number of rotatable bonds is 8. The van der Waals surface area contributed by atoms with Crippen LogP contribution in [0, 0.1) is 12.8 Å². The molecule has 1 aromatic carbocycles. The number of nitrogens with zero attached hydrogens (tertiary/aromatic N) is 1. The third-order valence-corrected chi connectivity index (χ3v) is 6.83. The molecule has 2 rings (SSSR count). The molecule has 6 nitrogen and oxygen atoms in total. The summed E-state index contributed by atoms with van der Waals surface area (Å²) in [5.41, 5.74) is 6.77. The van der Waals surface area contributed by atoms with Crippen molar-refractivity contribution in [2.45, 2.75) is 56.9 Å². The van der Waals surface area contributed by atoms with Gasteiger partial charge in [0.05, 0.1) is 10.8 Å². The molecule has 0 aromatic heterocycles. The largest absolute Gasteiger partial charge is 0.352 e. The van der Waals surface area contributed by atoms with Gasteiger partial charge >= 0.3 is 0 Å². The molecule has 0 radical (unpaired) electrons. The first-order valence-corrected chi connectivity index (χ1v) is 10.9. The van der Waals surface area contributed by atoms with Crippen molar-refractivity contribution in [2.24, 2.45) is 11.7 Å². The van der Waals surface area contributed by atoms with Crippen LogP contribution in [0.15, 0.2) is 29.2 Å². The number of piperidine rings is 1. The fourth-order valence-corrected chi connectivity index (χ4v) is 4.78. The minimum absolute atomic E-state index is 0.0356. The Hall–Kier alpha value is -1.44. The van der Waals surface area contributed by atoms with Crippen molar-refractivity contribution in [3.05, 3.63) is 29.8 Å². The van der Waals surface area contributed by atoms with Gasteiger partial charge in [-0.15, -0.1) is 0 Å². The Balaban J connectivity index is 2.03. The average Bonchev–Trinajstić information content (AvgIpc) is 2.65. The SMILES string of the molecule is CCCCC(CN)NC(=O)C1CCCN(S(=O)(=O)c2ccc(C)cc2)C1. The van der Waals surface area contributed by atoms with Crippen molar-refractivity contribution < 1.29 is 13.2 Å². The molecule has 0 spiro atoms. The molecule has 2 atom stereocenters. The molecule has 2 unspecified atom stereocenters. The normalized spacial score (nSPS) is 19.9. The van der Waals surface area contributed by atoms with E-state index in [1.165, 1.54) is 4.31 Å². The Morgan fingerprint density at radius 2 is 2.04 bits per heavy atom. The number of carbonyl (C=O) groups excluding carboxylic acids is 1. The summed E-state index contributed by atoms with van der Waals surface area (Å²) in [7, 11) is -3.56. The summed E-state index contributed by atoms with van der Waals surface area (Å²) in [6.07, 6.45) is 4.32. The lowest BCUT2D eigenvalue weighted by Crippen LogP contribution is -2.49. The summed E-state index contributed by atoms with van der Waals surface area (Å²) in [5.74, 6) is -0.403. The fraction of sp³-hybridized carbons (Fsp3) is 0.632. The van der Waals surface area contributed by atoms with E-state index in [1.54, 1.807) is 24.3 Å². The second-order valence-corrected chi connectivity index (χ2v) is 9.04. The third kappa shape index (κ3) is 5.28. The van der Waals surface area contributed by atoms with Crippen LogP contribution in [-0.4, -0.2) is 44.3 Å². The molecule has 26 heavy (non-hydrogen) atoms. The zero-order valence-electron chi connectivity index (χ0n) is 15.8. The highest BCUT2D eigenvalue weighted by molar-refractivity contribution is 7.89. The van der Waals surface area contributed by atoms with Crippen LogP contribution in [0.4, 0.5) is 0 Å². The van der Waals surface area contributed by atoms with Gasteiger partial charge in [0.25, 0.3) is 0 Å². The highest BCUT2D eigenvalue weighted by atomic mass is 32.2. The molecule has 0 aliphatic carbocycles. The first-order valence-electron chi connectivity index (χ1n) is 9.45. The minimum atomic E-state index is -3.56. The van der Waals surface area contributed by atoms with E-state index in [0.717, 1.165) is 24.8 Å². The number of nitrogens with two attached hydrogens (primary N) is 1. The molecule has 3 N–H and O–H groups in total. The van der Waals surface area contributed by atoms with Crippen LogP contribution in [0.1, 0.15) is 44.6 Å². The Bertz CT molecular complexity index is 688. The summed E-state index contributed by atoms with van der Waals surface area (Å²) < 4.78 is 27.2.